The summed E-state index contributed by atoms with van der Waals surface area (Å²) in [6.45, 7) is 5.85. The Balaban J connectivity index is 0. The lowest BCUT2D eigenvalue weighted by atomic mass is 9.95. The van der Waals surface area contributed by atoms with Gasteiger partial charge in [0.2, 0.25) is 10.0 Å². The molecule has 0 spiro atoms. The maximum Gasteiger partial charge on any atom is 0.394 e. The molecule has 0 saturated heterocycles. The van der Waals surface area contributed by atoms with Crippen molar-refractivity contribution < 1.29 is 31.4 Å². The number of benzene rings is 1. The molecule has 11 heteroatoms. The third-order valence-electron chi connectivity index (χ3n) is 2.87. The Morgan fingerprint density at radius 3 is 2.00 bits per heavy atom. The molecule has 0 amide bonds. The van der Waals surface area contributed by atoms with Crippen LogP contribution in [0.4, 0.5) is 5.69 Å². The van der Waals surface area contributed by atoms with Gasteiger partial charge in [0.1, 0.15) is 0 Å². The average Bonchev–Trinajstić information content (AvgIpc) is 2.24. The molecule has 1 unspecified atom stereocenters. The van der Waals surface area contributed by atoms with Crippen molar-refractivity contribution in [3.05, 3.63) is 28.8 Å². The molecule has 23 heavy (non-hydrogen) atoms. The smallest absolute Gasteiger partial charge is 0.394 e. The molecule has 0 fully saturated rings. The Morgan fingerprint density at radius 2 is 1.65 bits per heavy atom. The van der Waals surface area contributed by atoms with Crippen molar-refractivity contribution in [1.29, 1.82) is 0 Å². The summed E-state index contributed by atoms with van der Waals surface area (Å²) in [6.07, 6.45) is 2.06. The van der Waals surface area contributed by atoms with Crippen LogP contribution in [0.25, 0.3) is 0 Å². The Hall–Kier alpha value is -1.24. The Morgan fingerprint density at radius 1 is 1.22 bits per heavy atom. The van der Waals surface area contributed by atoms with Gasteiger partial charge < -0.3 is 11.2 Å². The molecular weight excluding hydrogens is 348 g/mol. The molecule has 0 bridgehead atoms. The molecule has 0 heterocycles. The summed E-state index contributed by atoms with van der Waals surface area (Å²) in [5.74, 6) is 0. The van der Waals surface area contributed by atoms with E-state index in [-0.39, 0.29) is 11.5 Å². The van der Waals surface area contributed by atoms with E-state index in [1.807, 2.05) is 19.1 Å². The van der Waals surface area contributed by atoms with Gasteiger partial charge in [-0.05, 0) is 43.0 Å². The first-order valence-corrected chi connectivity index (χ1v) is 9.60. The SMILES string of the molecule is CCc1ccc(N)c(C(C)NS(C)(=O)=O)c1C.O.O=S(=O)(O)O. The maximum absolute atomic E-state index is 11.2. The predicted octanol–water partition coefficient (Wildman–Crippen LogP) is 0.272. The van der Waals surface area contributed by atoms with Crippen LogP contribution in [-0.2, 0) is 26.8 Å². The number of hydrogen-bond donors (Lipinski definition) is 4. The molecule has 0 aliphatic rings. The van der Waals surface area contributed by atoms with Crippen molar-refractivity contribution in [2.24, 2.45) is 0 Å². The van der Waals surface area contributed by atoms with Crippen LogP contribution in [0.5, 0.6) is 0 Å². The van der Waals surface area contributed by atoms with Crippen LogP contribution in [0, 0.1) is 6.92 Å². The number of sulfonamides is 1. The molecule has 0 aliphatic heterocycles. The van der Waals surface area contributed by atoms with Gasteiger partial charge in [-0.3, -0.25) is 9.11 Å². The maximum atomic E-state index is 11.2. The minimum Gasteiger partial charge on any atom is -0.412 e. The zero-order chi connectivity index (χ0) is 17.7. The molecular formula is C12H24N2O7S2. The molecule has 0 saturated carbocycles. The number of rotatable bonds is 4. The van der Waals surface area contributed by atoms with Crippen LogP contribution in [-0.4, -0.2) is 37.7 Å². The zero-order valence-corrected chi connectivity index (χ0v) is 15.0. The second-order valence-corrected chi connectivity index (χ2v) is 7.44. The van der Waals surface area contributed by atoms with E-state index in [0.717, 1.165) is 23.8 Å². The summed E-state index contributed by atoms with van der Waals surface area (Å²) in [6, 6.07) is 3.51. The first kappa shape index (κ1) is 24.0. The minimum absolute atomic E-state index is 0. The topological polar surface area (TPSA) is 178 Å². The summed E-state index contributed by atoms with van der Waals surface area (Å²) in [5, 5.41) is 0. The summed E-state index contributed by atoms with van der Waals surface area (Å²) >= 11 is 0. The van der Waals surface area contributed by atoms with E-state index in [4.69, 9.17) is 23.3 Å². The summed E-state index contributed by atoms with van der Waals surface area (Å²) in [7, 11) is -7.90. The second kappa shape index (κ2) is 9.15. The van der Waals surface area contributed by atoms with E-state index in [2.05, 4.69) is 11.6 Å². The van der Waals surface area contributed by atoms with E-state index in [9.17, 15) is 8.42 Å². The molecule has 1 aromatic rings. The number of hydrogen-bond acceptors (Lipinski definition) is 5. The number of anilines is 1. The standard InChI is InChI=1S/C12H20N2O2S.H2O4S.H2O/c1-5-10-6-7-11(13)12(8(10)2)9(3)14-17(4,15)16;1-5(2,3)4;/h6-7,9,14H,5,13H2,1-4H3;(H2,1,2,3,4);1H2. The second-order valence-electron chi connectivity index (χ2n) is 4.77. The van der Waals surface area contributed by atoms with Gasteiger partial charge in [-0.2, -0.15) is 8.42 Å². The van der Waals surface area contributed by atoms with Crippen LogP contribution in [0.15, 0.2) is 12.1 Å². The highest BCUT2D eigenvalue weighted by molar-refractivity contribution is 7.88. The highest BCUT2D eigenvalue weighted by atomic mass is 32.3. The third-order valence-corrected chi connectivity index (χ3v) is 3.65. The van der Waals surface area contributed by atoms with Crippen LogP contribution in [0.3, 0.4) is 0 Å². The molecule has 0 aromatic heterocycles. The molecule has 136 valence electrons. The van der Waals surface area contributed by atoms with E-state index in [0.29, 0.717) is 5.69 Å². The number of nitrogens with two attached hydrogens (primary N) is 1. The quantitative estimate of drug-likeness (QED) is 0.432. The highest BCUT2D eigenvalue weighted by Crippen LogP contribution is 2.27. The van der Waals surface area contributed by atoms with Crippen LogP contribution in [0.2, 0.25) is 0 Å². The van der Waals surface area contributed by atoms with Gasteiger partial charge in [0.25, 0.3) is 0 Å². The molecule has 7 N–H and O–H groups in total. The summed E-state index contributed by atoms with van der Waals surface area (Å²) < 4.78 is 56.6. The highest BCUT2D eigenvalue weighted by Gasteiger charge is 2.17. The van der Waals surface area contributed by atoms with Crippen LogP contribution in [0.1, 0.15) is 36.6 Å². The predicted molar refractivity (Wildman–Crippen MR) is 89.2 cm³/mol. The van der Waals surface area contributed by atoms with Gasteiger partial charge >= 0.3 is 10.4 Å². The van der Waals surface area contributed by atoms with Crippen molar-refractivity contribution in [2.75, 3.05) is 12.0 Å². The number of nitrogen functional groups attached to an aromatic ring is 1. The van der Waals surface area contributed by atoms with Crippen molar-refractivity contribution in [3.63, 3.8) is 0 Å². The van der Waals surface area contributed by atoms with Gasteiger partial charge in [-0.25, -0.2) is 13.1 Å². The molecule has 9 nitrogen and oxygen atoms in total. The normalized spacial score (nSPS) is 12.6. The number of aryl methyl sites for hydroxylation is 1. The van der Waals surface area contributed by atoms with Gasteiger partial charge in [0, 0.05) is 11.7 Å². The van der Waals surface area contributed by atoms with Gasteiger partial charge in [0.05, 0.1) is 6.26 Å². The van der Waals surface area contributed by atoms with Crippen molar-refractivity contribution in [3.8, 4) is 0 Å². The van der Waals surface area contributed by atoms with Crippen LogP contribution >= 0.6 is 0 Å². The van der Waals surface area contributed by atoms with Crippen molar-refractivity contribution in [2.45, 2.75) is 33.2 Å². The van der Waals surface area contributed by atoms with Crippen LogP contribution < -0.4 is 10.5 Å². The molecule has 0 aliphatic carbocycles. The molecule has 1 atom stereocenters. The van der Waals surface area contributed by atoms with Gasteiger partial charge in [-0.15, -0.1) is 0 Å². The lowest BCUT2D eigenvalue weighted by Crippen LogP contribution is -2.26. The first-order chi connectivity index (χ1) is 9.76. The first-order valence-electron chi connectivity index (χ1n) is 6.31. The monoisotopic (exact) mass is 372 g/mol. The van der Waals surface area contributed by atoms with E-state index in [1.165, 1.54) is 5.56 Å². The molecule has 1 aromatic carbocycles. The van der Waals surface area contributed by atoms with Crippen molar-refractivity contribution >= 4 is 26.1 Å². The Kier molecular flexibility index (Phi) is 9.56. The van der Waals surface area contributed by atoms with E-state index >= 15 is 0 Å². The average molecular weight is 372 g/mol. The minimum atomic E-state index is -4.67. The third kappa shape index (κ3) is 10.2. The zero-order valence-electron chi connectivity index (χ0n) is 13.4. The lowest BCUT2D eigenvalue weighted by molar-refractivity contribution is 0.381. The van der Waals surface area contributed by atoms with Gasteiger partial charge in [-0.1, -0.05) is 13.0 Å². The van der Waals surface area contributed by atoms with E-state index in [1.54, 1.807) is 6.92 Å². The fraction of sp³-hybridized carbons (Fsp3) is 0.500. The summed E-state index contributed by atoms with van der Waals surface area (Å²) in [4.78, 5) is 0. The largest absolute Gasteiger partial charge is 0.412 e. The fourth-order valence-corrected chi connectivity index (χ4v) is 2.89. The molecule has 0 radical (unpaired) electrons. The van der Waals surface area contributed by atoms with E-state index < -0.39 is 20.4 Å². The summed E-state index contributed by atoms with van der Waals surface area (Å²) in [5.41, 5.74) is 9.69. The molecule has 1 rings (SSSR count). The fourth-order valence-electron chi connectivity index (χ4n) is 2.13. The van der Waals surface area contributed by atoms with Crippen molar-refractivity contribution in [1.82, 2.24) is 4.72 Å². The Bertz CT molecular complexity index is 707. The number of nitrogens with one attached hydrogen (secondary N) is 1. The lowest BCUT2D eigenvalue weighted by Gasteiger charge is -2.19. The van der Waals surface area contributed by atoms with Gasteiger partial charge in [0.15, 0.2) is 0 Å². The Labute approximate surface area is 136 Å².